The lowest BCUT2D eigenvalue weighted by molar-refractivity contribution is -0.137. The molecule has 4 nitrogen and oxygen atoms in total. The zero-order valence-corrected chi connectivity index (χ0v) is 14.7. The van der Waals surface area contributed by atoms with Crippen molar-refractivity contribution in [2.45, 2.75) is 51.2 Å². The SMILES string of the molecule is CC(C)(C)C(NC(=O)O)C1(c2cccc(C(F)(F)F)c2)CCNCC1. The second-order valence-electron chi connectivity index (χ2n) is 7.73. The molecule has 1 amide bonds. The normalized spacial score (nSPS) is 19.3. The van der Waals surface area contributed by atoms with Gasteiger partial charge in [-0.15, -0.1) is 0 Å². The summed E-state index contributed by atoms with van der Waals surface area (Å²) >= 11 is 0. The van der Waals surface area contributed by atoms with Crippen molar-refractivity contribution in [2.24, 2.45) is 5.41 Å². The monoisotopic (exact) mass is 358 g/mol. The Balaban J connectivity index is 2.59. The maximum atomic E-state index is 13.2. The molecule has 7 heteroatoms. The molecule has 0 aromatic heterocycles. The molecule has 1 aliphatic heterocycles. The summed E-state index contributed by atoms with van der Waals surface area (Å²) in [6.07, 6.45) is -4.46. The second kappa shape index (κ2) is 6.86. The molecule has 0 saturated carbocycles. The quantitative estimate of drug-likeness (QED) is 0.765. The summed E-state index contributed by atoms with van der Waals surface area (Å²) in [5, 5.41) is 15.1. The standard InChI is InChI=1S/C18H25F3N2O2/c1-16(2,3)14(23-15(24)25)17(7-9-22-10-8-17)12-5-4-6-13(11-12)18(19,20)21/h4-6,11,14,22-23H,7-10H2,1-3H3,(H,24,25). The zero-order valence-electron chi connectivity index (χ0n) is 14.7. The van der Waals surface area contributed by atoms with E-state index in [1.807, 2.05) is 20.8 Å². The van der Waals surface area contributed by atoms with Crippen molar-refractivity contribution in [3.63, 3.8) is 0 Å². The van der Waals surface area contributed by atoms with Crippen molar-refractivity contribution in [3.05, 3.63) is 35.4 Å². The number of piperidine rings is 1. The first-order chi connectivity index (χ1) is 11.5. The Morgan fingerprint density at radius 1 is 1.24 bits per heavy atom. The number of carbonyl (C=O) groups is 1. The predicted molar refractivity (Wildman–Crippen MR) is 89.6 cm³/mol. The van der Waals surface area contributed by atoms with Gasteiger partial charge in [-0.1, -0.05) is 39.0 Å². The highest BCUT2D eigenvalue weighted by molar-refractivity contribution is 5.65. The van der Waals surface area contributed by atoms with Crippen LogP contribution in [0.25, 0.3) is 0 Å². The molecule has 1 unspecified atom stereocenters. The summed E-state index contributed by atoms with van der Waals surface area (Å²) in [5.74, 6) is 0. The zero-order chi connectivity index (χ0) is 18.9. The molecular weight excluding hydrogens is 333 g/mol. The van der Waals surface area contributed by atoms with E-state index in [0.29, 0.717) is 31.5 Å². The number of hydrogen-bond acceptors (Lipinski definition) is 2. The van der Waals surface area contributed by atoms with Crippen molar-refractivity contribution in [1.29, 1.82) is 0 Å². The molecule has 1 atom stereocenters. The van der Waals surface area contributed by atoms with Gasteiger partial charge < -0.3 is 15.7 Å². The molecular formula is C18H25F3N2O2. The first-order valence-corrected chi connectivity index (χ1v) is 8.35. The van der Waals surface area contributed by atoms with E-state index in [4.69, 9.17) is 0 Å². The summed E-state index contributed by atoms with van der Waals surface area (Å²) in [6, 6.07) is 4.80. The lowest BCUT2D eigenvalue weighted by atomic mass is 9.61. The number of carboxylic acid groups (broad SMARTS) is 1. The van der Waals surface area contributed by atoms with Crippen LogP contribution in [-0.2, 0) is 11.6 Å². The van der Waals surface area contributed by atoms with Crippen molar-refractivity contribution in [2.75, 3.05) is 13.1 Å². The number of amides is 1. The minimum atomic E-state index is -4.43. The van der Waals surface area contributed by atoms with Crippen molar-refractivity contribution < 1.29 is 23.1 Å². The van der Waals surface area contributed by atoms with Gasteiger partial charge in [0.25, 0.3) is 0 Å². The molecule has 1 aromatic carbocycles. The van der Waals surface area contributed by atoms with E-state index in [0.717, 1.165) is 6.07 Å². The Labute approximate surface area is 145 Å². The fraction of sp³-hybridized carbons (Fsp3) is 0.611. The summed E-state index contributed by atoms with van der Waals surface area (Å²) in [6.45, 7) is 6.98. The predicted octanol–water partition coefficient (Wildman–Crippen LogP) is 4.01. The first kappa shape index (κ1) is 19.6. The highest BCUT2D eigenvalue weighted by Crippen LogP contribution is 2.44. The van der Waals surface area contributed by atoms with Crippen LogP contribution in [0.1, 0.15) is 44.7 Å². The van der Waals surface area contributed by atoms with Gasteiger partial charge in [0.1, 0.15) is 0 Å². The van der Waals surface area contributed by atoms with Crippen LogP contribution in [0.2, 0.25) is 0 Å². The highest BCUT2D eigenvalue weighted by Gasteiger charge is 2.48. The average molecular weight is 358 g/mol. The van der Waals surface area contributed by atoms with Crippen LogP contribution in [0.15, 0.2) is 24.3 Å². The molecule has 1 fully saturated rings. The fourth-order valence-electron chi connectivity index (χ4n) is 3.93. The Morgan fingerprint density at radius 2 is 1.84 bits per heavy atom. The number of hydrogen-bond donors (Lipinski definition) is 3. The van der Waals surface area contributed by atoms with Crippen LogP contribution in [0, 0.1) is 5.41 Å². The first-order valence-electron chi connectivity index (χ1n) is 8.35. The van der Waals surface area contributed by atoms with Gasteiger partial charge in [0.15, 0.2) is 0 Å². The van der Waals surface area contributed by atoms with E-state index in [1.165, 1.54) is 12.1 Å². The average Bonchev–Trinajstić information content (AvgIpc) is 2.51. The summed E-state index contributed by atoms with van der Waals surface area (Å²) in [4.78, 5) is 11.4. The number of alkyl halides is 3. The lowest BCUT2D eigenvalue weighted by Crippen LogP contribution is -2.60. The van der Waals surface area contributed by atoms with Crippen LogP contribution in [0.4, 0.5) is 18.0 Å². The van der Waals surface area contributed by atoms with Crippen molar-refractivity contribution in [1.82, 2.24) is 10.6 Å². The van der Waals surface area contributed by atoms with Crippen LogP contribution in [0.5, 0.6) is 0 Å². The Kier molecular flexibility index (Phi) is 5.37. The van der Waals surface area contributed by atoms with Gasteiger partial charge in [-0.2, -0.15) is 13.2 Å². The second-order valence-corrected chi connectivity index (χ2v) is 7.73. The van der Waals surface area contributed by atoms with Gasteiger partial charge >= 0.3 is 12.3 Å². The molecule has 140 valence electrons. The van der Waals surface area contributed by atoms with Gasteiger partial charge in [0, 0.05) is 11.5 Å². The molecule has 0 aliphatic carbocycles. The van der Waals surface area contributed by atoms with Crippen LogP contribution in [-0.4, -0.2) is 30.3 Å². The maximum Gasteiger partial charge on any atom is 0.416 e. The molecule has 0 radical (unpaired) electrons. The van der Waals surface area contributed by atoms with E-state index in [1.54, 1.807) is 6.07 Å². The van der Waals surface area contributed by atoms with Crippen LogP contribution < -0.4 is 10.6 Å². The molecule has 1 aromatic rings. The molecule has 2 rings (SSSR count). The fourth-order valence-corrected chi connectivity index (χ4v) is 3.93. The molecule has 0 bridgehead atoms. The molecule has 0 spiro atoms. The Bertz CT molecular complexity index is 617. The third-order valence-electron chi connectivity index (χ3n) is 4.95. The van der Waals surface area contributed by atoms with E-state index in [-0.39, 0.29) is 0 Å². The third-order valence-corrected chi connectivity index (χ3v) is 4.95. The number of halogens is 3. The van der Waals surface area contributed by atoms with Crippen LogP contribution >= 0.6 is 0 Å². The number of benzene rings is 1. The molecule has 1 heterocycles. The minimum absolute atomic E-state index is 0.454. The van der Waals surface area contributed by atoms with E-state index < -0.39 is 34.7 Å². The molecule has 1 saturated heterocycles. The Morgan fingerprint density at radius 3 is 2.32 bits per heavy atom. The third kappa shape index (κ3) is 4.26. The van der Waals surface area contributed by atoms with Gasteiger partial charge in [0.05, 0.1) is 5.56 Å². The summed E-state index contributed by atoms with van der Waals surface area (Å²) in [7, 11) is 0. The smallest absolute Gasteiger partial charge is 0.416 e. The van der Waals surface area contributed by atoms with E-state index >= 15 is 0 Å². The van der Waals surface area contributed by atoms with Crippen LogP contribution in [0.3, 0.4) is 0 Å². The van der Waals surface area contributed by atoms with Gasteiger partial charge in [-0.3, -0.25) is 0 Å². The van der Waals surface area contributed by atoms with E-state index in [2.05, 4.69) is 10.6 Å². The van der Waals surface area contributed by atoms with Crippen molar-refractivity contribution in [3.8, 4) is 0 Å². The van der Waals surface area contributed by atoms with Gasteiger partial charge in [-0.25, -0.2) is 4.79 Å². The molecule has 25 heavy (non-hydrogen) atoms. The van der Waals surface area contributed by atoms with Crippen molar-refractivity contribution >= 4 is 6.09 Å². The topological polar surface area (TPSA) is 61.4 Å². The number of nitrogens with one attached hydrogen (secondary N) is 2. The summed E-state index contributed by atoms with van der Waals surface area (Å²) in [5.41, 5.74) is -1.31. The summed E-state index contributed by atoms with van der Waals surface area (Å²) < 4.78 is 39.5. The number of rotatable bonds is 3. The lowest BCUT2D eigenvalue weighted by Gasteiger charge is -2.49. The largest absolute Gasteiger partial charge is 0.465 e. The molecule has 1 aliphatic rings. The maximum absolute atomic E-state index is 13.2. The Hall–Kier alpha value is -1.76. The minimum Gasteiger partial charge on any atom is -0.465 e. The van der Waals surface area contributed by atoms with E-state index in [9.17, 15) is 23.1 Å². The highest BCUT2D eigenvalue weighted by atomic mass is 19.4. The van der Waals surface area contributed by atoms with Gasteiger partial charge in [0.2, 0.25) is 0 Å². The van der Waals surface area contributed by atoms with Gasteiger partial charge in [-0.05, 0) is 43.0 Å². The molecule has 3 N–H and O–H groups in total.